The molecule has 1 saturated carbocycles. The molecule has 0 spiro atoms. The van der Waals surface area contributed by atoms with Crippen LogP contribution in [0, 0.1) is 5.92 Å². The molecule has 0 aromatic heterocycles. The lowest BCUT2D eigenvalue weighted by molar-refractivity contribution is -0.142. The molecule has 3 nitrogen and oxygen atoms in total. The molecule has 3 aliphatic rings. The molecule has 90 valence electrons. The first-order chi connectivity index (χ1) is 7.84. The number of Topliss-reactive ketones (excluding diaryl/α,β-unsaturated/α-hetero) is 1. The van der Waals surface area contributed by atoms with Crippen molar-refractivity contribution in [1.82, 2.24) is 4.90 Å². The van der Waals surface area contributed by atoms with Gasteiger partial charge in [0.25, 0.3) is 0 Å². The molecular formula is C13H21NO2. The van der Waals surface area contributed by atoms with Crippen LogP contribution in [0.1, 0.15) is 38.5 Å². The molecule has 0 amide bonds. The normalized spacial score (nSPS) is 36.5. The Balaban J connectivity index is 1.60. The van der Waals surface area contributed by atoms with Gasteiger partial charge in [0, 0.05) is 18.5 Å². The molecule has 2 unspecified atom stereocenters. The molecule has 1 aliphatic carbocycles. The van der Waals surface area contributed by atoms with E-state index in [2.05, 4.69) is 4.90 Å². The van der Waals surface area contributed by atoms with Gasteiger partial charge in [0.1, 0.15) is 6.10 Å². The third-order valence-corrected chi connectivity index (χ3v) is 4.46. The molecule has 0 aromatic carbocycles. The van der Waals surface area contributed by atoms with Crippen LogP contribution < -0.4 is 0 Å². The summed E-state index contributed by atoms with van der Waals surface area (Å²) in [6, 6.07) is 0.604. The van der Waals surface area contributed by atoms with E-state index in [-0.39, 0.29) is 6.10 Å². The monoisotopic (exact) mass is 223 g/mol. The Morgan fingerprint density at radius 2 is 1.94 bits per heavy atom. The first-order valence-electron chi connectivity index (χ1n) is 6.74. The Bertz CT molecular complexity index is 273. The van der Waals surface area contributed by atoms with Gasteiger partial charge in [-0.25, -0.2) is 0 Å². The molecule has 2 atom stereocenters. The zero-order chi connectivity index (χ0) is 11.0. The Morgan fingerprint density at radius 1 is 1.12 bits per heavy atom. The summed E-state index contributed by atoms with van der Waals surface area (Å²) in [6.07, 6.45) is 7.08. The SMILES string of the molecule is O=C(C1CCCC1)C1CN2CCCC2CO1. The van der Waals surface area contributed by atoms with Crippen molar-refractivity contribution >= 4 is 5.78 Å². The van der Waals surface area contributed by atoms with Gasteiger partial charge in [-0.2, -0.15) is 0 Å². The van der Waals surface area contributed by atoms with E-state index in [9.17, 15) is 4.79 Å². The predicted octanol–water partition coefficient (Wildman–Crippen LogP) is 1.61. The zero-order valence-electron chi connectivity index (χ0n) is 9.86. The van der Waals surface area contributed by atoms with Crippen molar-refractivity contribution < 1.29 is 9.53 Å². The Hall–Kier alpha value is -0.410. The fourth-order valence-electron chi connectivity index (χ4n) is 3.46. The van der Waals surface area contributed by atoms with E-state index in [0.29, 0.717) is 17.7 Å². The average Bonchev–Trinajstić information content (AvgIpc) is 2.98. The Morgan fingerprint density at radius 3 is 2.75 bits per heavy atom. The molecular weight excluding hydrogens is 202 g/mol. The summed E-state index contributed by atoms with van der Waals surface area (Å²) in [7, 11) is 0. The first-order valence-corrected chi connectivity index (χ1v) is 6.74. The molecule has 0 aromatic rings. The summed E-state index contributed by atoms with van der Waals surface area (Å²) in [5, 5.41) is 0. The second kappa shape index (κ2) is 4.46. The second-order valence-corrected chi connectivity index (χ2v) is 5.50. The van der Waals surface area contributed by atoms with Crippen molar-refractivity contribution in [1.29, 1.82) is 0 Å². The van der Waals surface area contributed by atoms with Crippen molar-refractivity contribution in [2.24, 2.45) is 5.92 Å². The minimum atomic E-state index is -0.113. The van der Waals surface area contributed by atoms with Gasteiger partial charge in [-0.15, -0.1) is 0 Å². The molecule has 3 heteroatoms. The predicted molar refractivity (Wildman–Crippen MR) is 61.3 cm³/mol. The fraction of sp³-hybridized carbons (Fsp3) is 0.923. The van der Waals surface area contributed by atoms with Crippen LogP contribution in [0.2, 0.25) is 0 Å². The molecule has 2 saturated heterocycles. The summed E-state index contributed by atoms with van der Waals surface area (Å²) in [5.74, 6) is 0.701. The van der Waals surface area contributed by atoms with Crippen LogP contribution in [0.5, 0.6) is 0 Å². The van der Waals surface area contributed by atoms with E-state index in [1.54, 1.807) is 0 Å². The lowest BCUT2D eigenvalue weighted by Crippen LogP contribution is -2.50. The van der Waals surface area contributed by atoms with Crippen molar-refractivity contribution in [3.63, 3.8) is 0 Å². The van der Waals surface area contributed by atoms with Crippen molar-refractivity contribution in [2.45, 2.75) is 50.7 Å². The summed E-state index contributed by atoms with van der Waals surface area (Å²) < 4.78 is 5.77. The second-order valence-electron chi connectivity index (χ2n) is 5.50. The van der Waals surface area contributed by atoms with E-state index in [0.717, 1.165) is 26.0 Å². The molecule has 0 radical (unpaired) electrons. The number of ether oxygens (including phenoxy) is 1. The van der Waals surface area contributed by atoms with Crippen LogP contribution in [0.4, 0.5) is 0 Å². The summed E-state index contributed by atoms with van der Waals surface area (Å²) >= 11 is 0. The molecule has 0 N–H and O–H groups in total. The minimum absolute atomic E-state index is 0.113. The topological polar surface area (TPSA) is 29.5 Å². The Labute approximate surface area is 97.1 Å². The van der Waals surface area contributed by atoms with Gasteiger partial charge in [-0.05, 0) is 32.2 Å². The number of carbonyl (C=O) groups excluding carboxylic acids is 1. The number of hydrogen-bond acceptors (Lipinski definition) is 3. The van der Waals surface area contributed by atoms with Gasteiger partial charge >= 0.3 is 0 Å². The zero-order valence-corrected chi connectivity index (χ0v) is 9.86. The van der Waals surface area contributed by atoms with Crippen molar-refractivity contribution in [3.8, 4) is 0 Å². The molecule has 0 bridgehead atoms. The maximum absolute atomic E-state index is 12.2. The molecule has 2 heterocycles. The van der Waals surface area contributed by atoms with Gasteiger partial charge < -0.3 is 4.74 Å². The summed E-state index contributed by atoms with van der Waals surface area (Å²) in [6.45, 7) is 2.81. The van der Waals surface area contributed by atoms with Crippen molar-refractivity contribution in [3.05, 3.63) is 0 Å². The lowest BCUT2D eigenvalue weighted by atomic mass is 9.97. The van der Waals surface area contributed by atoms with Gasteiger partial charge in [0.15, 0.2) is 5.78 Å². The highest BCUT2D eigenvalue weighted by Crippen LogP contribution is 2.30. The van der Waals surface area contributed by atoms with E-state index >= 15 is 0 Å². The highest BCUT2D eigenvalue weighted by Gasteiger charge is 2.38. The van der Waals surface area contributed by atoms with Gasteiger partial charge in [-0.1, -0.05) is 12.8 Å². The summed E-state index contributed by atoms with van der Waals surface area (Å²) in [4.78, 5) is 14.7. The van der Waals surface area contributed by atoms with E-state index in [1.807, 2.05) is 0 Å². The quantitative estimate of drug-likeness (QED) is 0.712. The van der Waals surface area contributed by atoms with Gasteiger partial charge in [0.05, 0.1) is 6.61 Å². The van der Waals surface area contributed by atoms with Crippen LogP contribution in [0.25, 0.3) is 0 Å². The highest BCUT2D eigenvalue weighted by molar-refractivity contribution is 5.86. The highest BCUT2D eigenvalue weighted by atomic mass is 16.5. The minimum Gasteiger partial charge on any atom is -0.367 e. The van der Waals surface area contributed by atoms with E-state index in [1.165, 1.54) is 32.2 Å². The van der Waals surface area contributed by atoms with E-state index < -0.39 is 0 Å². The fourth-order valence-corrected chi connectivity index (χ4v) is 3.46. The standard InChI is InChI=1S/C13H21NO2/c15-13(10-4-1-2-5-10)12-8-14-7-3-6-11(14)9-16-12/h10-12H,1-9H2. The third-order valence-electron chi connectivity index (χ3n) is 4.46. The number of nitrogens with zero attached hydrogens (tertiary/aromatic N) is 1. The van der Waals surface area contributed by atoms with Crippen LogP contribution in [-0.4, -0.2) is 42.5 Å². The van der Waals surface area contributed by atoms with E-state index in [4.69, 9.17) is 4.74 Å². The maximum atomic E-state index is 12.2. The van der Waals surface area contributed by atoms with Crippen LogP contribution >= 0.6 is 0 Å². The molecule has 3 rings (SSSR count). The van der Waals surface area contributed by atoms with Crippen molar-refractivity contribution in [2.75, 3.05) is 19.7 Å². The third kappa shape index (κ3) is 1.91. The smallest absolute Gasteiger partial charge is 0.165 e. The molecule has 16 heavy (non-hydrogen) atoms. The van der Waals surface area contributed by atoms with Crippen LogP contribution in [-0.2, 0) is 9.53 Å². The average molecular weight is 223 g/mol. The number of morpholine rings is 1. The maximum Gasteiger partial charge on any atom is 0.165 e. The number of rotatable bonds is 2. The molecule has 3 fully saturated rings. The van der Waals surface area contributed by atoms with Gasteiger partial charge in [0.2, 0.25) is 0 Å². The number of carbonyl (C=O) groups is 1. The number of hydrogen-bond donors (Lipinski definition) is 0. The van der Waals surface area contributed by atoms with Crippen LogP contribution in [0.3, 0.4) is 0 Å². The Kier molecular flexibility index (Phi) is 2.99. The number of ketones is 1. The molecule has 2 aliphatic heterocycles. The van der Waals surface area contributed by atoms with Crippen LogP contribution in [0.15, 0.2) is 0 Å². The first kappa shape index (κ1) is 10.7. The summed E-state index contributed by atoms with van der Waals surface area (Å²) in [5.41, 5.74) is 0. The van der Waals surface area contributed by atoms with Gasteiger partial charge in [-0.3, -0.25) is 9.69 Å². The number of fused-ring (bicyclic) bond motifs is 1. The largest absolute Gasteiger partial charge is 0.367 e. The lowest BCUT2D eigenvalue weighted by Gasteiger charge is -2.35.